The quantitative estimate of drug-likeness (QED) is 0.773. The summed E-state index contributed by atoms with van der Waals surface area (Å²) in [6.45, 7) is 4.18. The molecule has 2 rings (SSSR count). The van der Waals surface area contributed by atoms with Gasteiger partial charge in [-0.15, -0.1) is 0 Å². The molecule has 0 bridgehead atoms. The van der Waals surface area contributed by atoms with Gasteiger partial charge in [0.25, 0.3) is 0 Å². The van der Waals surface area contributed by atoms with Gasteiger partial charge in [-0.25, -0.2) is 0 Å². The predicted molar refractivity (Wildman–Crippen MR) is 93.8 cm³/mol. The molecule has 0 saturated heterocycles. The Balaban J connectivity index is 2.50. The Labute approximate surface area is 142 Å². The van der Waals surface area contributed by atoms with E-state index in [9.17, 15) is 0 Å². The minimum atomic E-state index is 0.545. The summed E-state index contributed by atoms with van der Waals surface area (Å²) in [6.07, 6.45) is 0. The van der Waals surface area contributed by atoms with Crippen LogP contribution >= 0.6 is 0 Å². The van der Waals surface area contributed by atoms with Crippen LogP contribution in [0.3, 0.4) is 0 Å². The molecule has 0 unspecified atom stereocenters. The van der Waals surface area contributed by atoms with Gasteiger partial charge in [0.05, 0.1) is 35.5 Å². The second-order valence-corrected chi connectivity index (χ2v) is 4.96. The van der Waals surface area contributed by atoms with Crippen LogP contribution in [0.4, 0.5) is 0 Å². The third kappa shape index (κ3) is 3.25. The van der Waals surface area contributed by atoms with Crippen molar-refractivity contribution in [1.29, 1.82) is 0 Å². The van der Waals surface area contributed by atoms with E-state index >= 15 is 0 Å². The molecule has 0 saturated carbocycles. The molecule has 24 heavy (non-hydrogen) atoms. The summed E-state index contributed by atoms with van der Waals surface area (Å²) >= 11 is 0. The van der Waals surface area contributed by atoms with Crippen molar-refractivity contribution in [2.75, 3.05) is 35.5 Å². The van der Waals surface area contributed by atoms with E-state index in [1.807, 2.05) is 30.3 Å². The van der Waals surface area contributed by atoms with Gasteiger partial charge < -0.3 is 23.7 Å². The molecule has 0 aliphatic heterocycles. The van der Waals surface area contributed by atoms with Crippen molar-refractivity contribution in [3.05, 3.63) is 48.0 Å². The number of methoxy groups -OCH3 is 5. The van der Waals surface area contributed by atoms with Crippen molar-refractivity contribution in [2.45, 2.75) is 0 Å². The van der Waals surface area contributed by atoms with Crippen LogP contribution in [0.25, 0.3) is 5.57 Å². The molecule has 5 heteroatoms. The minimum absolute atomic E-state index is 0.545. The molecule has 0 aliphatic rings. The summed E-state index contributed by atoms with van der Waals surface area (Å²) < 4.78 is 26.8. The van der Waals surface area contributed by atoms with Crippen LogP contribution in [0.5, 0.6) is 28.7 Å². The topological polar surface area (TPSA) is 46.2 Å². The zero-order valence-corrected chi connectivity index (χ0v) is 14.6. The Bertz CT molecular complexity index is 712. The summed E-state index contributed by atoms with van der Waals surface area (Å²) in [7, 11) is 7.94. The second-order valence-electron chi connectivity index (χ2n) is 4.96. The third-order valence-electron chi connectivity index (χ3n) is 3.75. The zero-order chi connectivity index (χ0) is 17.7. The lowest BCUT2D eigenvalue weighted by Gasteiger charge is -2.16. The lowest BCUT2D eigenvalue weighted by molar-refractivity contribution is 0.324. The fraction of sp³-hybridized carbons (Fsp3) is 0.263. The van der Waals surface area contributed by atoms with Gasteiger partial charge >= 0.3 is 0 Å². The van der Waals surface area contributed by atoms with Crippen molar-refractivity contribution in [3.8, 4) is 28.7 Å². The Morgan fingerprint density at radius 2 is 1.12 bits per heavy atom. The first-order valence-electron chi connectivity index (χ1n) is 7.31. The van der Waals surface area contributed by atoms with Gasteiger partial charge in [0.1, 0.15) is 0 Å². The minimum Gasteiger partial charge on any atom is -0.493 e. The van der Waals surface area contributed by atoms with Crippen LogP contribution in [0.15, 0.2) is 36.9 Å². The molecule has 0 fully saturated rings. The molecule has 2 aromatic rings. The van der Waals surface area contributed by atoms with E-state index in [0.29, 0.717) is 28.7 Å². The molecule has 0 aromatic heterocycles. The lowest BCUT2D eigenvalue weighted by Crippen LogP contribution is -1.98. The highest BCUT2D eigenvalue weighted by Crippen LogP contribution is 2.41. The van der Waals surface area contributed by atoms with Crippen LogP contribution < -0.4 is 23.7 Å². The summed E-state index contributed by atoms with van der Waals surface area (Å²) in [5, 5.41) is 0. The molecule has 0 amide bonds. The SMILES string of the molecule is C=C(c1ccc(OC)c(OC)c1)c1cc(OC)c(OC)c(OC)c1. The Hall–Kier alpha value is -2.82. The Morgan fingerprint density at radius 1 is 0.625 bits per heavy atom. The van der Waals surface area contributed by atoms with Crippen molar-refractivity contribution < 1.29 is 23.7 Å². The van der Waals surface area contributed by atoms with Gasteiger partial charge in [0.2, 0.25) is 5.75 Å². The summed E-state index contributed by atoms with van der Waals surface area (Å²) in [4.78, 5) is 0. The molecule has 0 aliphatic carbocycles. The molecule has 0 radical (unpaired) electrons. The van der Waals surface area contributed by atoms with E-state index in [1.165, 1.54) is 0 Å². The molecule has 0 atom stereocenters. The predicted octanol–water partition coefficient (Wildman–Crippen LogP) is 3.79. The molecule has 0 N–H and O–H groups in total. The highest BCUT2D eigenvalue weighted by molar-refractivity contribution is 5.81. The second kappa shape index (κ2) is 7.64. The molecule has 0 spiro atoms. The average molecular weight is 330 g/mol. The number of rotatable bonds is 7. The first-order valence-corrected chi connectivity index (χ1v) is 7.31. The first-order chi connectivity index (χ1) is 11.6. The standard InChI is InChI=1S/C19H22O5/c1-12(13-7-8-15(20-2)16(9-13)21-3)14-10-17(22-4)19(24-6)18(11-14)23-5/h7-11H,1H2,2-6H3. The number of hydrogen-bond acceptors (Lipinski definition) is 5. The largest absolute Gasteiger partial charge is 0.493 e. The van der Waals surface area contributed by atoms with Crippen LogP contribution in [0.2, 0.25) is 0 Å². The number of hydrogen-bond donors (Lipinski definition) is 0. The van der Waals surface area contributed by atoms with Crippen molar-refractivity contribution in [3.63, 3.8) is 0 Å². The molecular weight excluding hydrogens is 308 g/mol. The highest BCUT2D eigenvalue weighted by atomic mass is 16.5. The summed E-state index contributed by atoms with van der Waals surface area (Å²) in [5.74, 6) is 3.01. The van der Waals surface area contributed by atoms with E-state index < -0.39 is 0 Å². The maximum atomic E-state index is 5.40. The fourth-order valence-corrected chi connectivity index (χ4v) is 2.45. The summed E-state index contributed by atoms with van der Waals surface area (Å²) in [5.41, 5.74) is 2.56. The smallest absolute Gasteiger partial charge is 0.203 e. The maximum absolute atomic E-state index is 5.40. The molecule has 128 valence electrons. The third-order valence-corrected chi connectivity index (χ3v) is 3.75. The molecule has 5 nitrogen and oxygen atoms in total. The van der Waals surface area contributed by atoms with Crippen molar-refractivity contribution >= 4 is 5.57 Å². The van der Waals surface area contributed by atoms with Crippen LogP contribution in [-0.2, 0) is 0 Å². The van der Waals surface area contributed by atoms with Gasteiger partial charge in [0, 0.05) is 0 Å². The van der Waals surface area contributed by atoms with E-state index in [0.717, 1.165) is 16.7 Å². The summed E-state index contributed by atoms with van der Waals surface area (Å²) in [6, 6.07) is 9.37. The first kappa shape index (κ1) is 17.5. The van der Waals surface area contributed by atoms with Gasteiger partial charge in [-0.05, 0) is 41.0 Å². The van der Waals surface area contributed by atoms with E-state index in [-0.39, 0.29) is 0 Å². The maximum Gasteiger partial charge on any atom is 0.203 e. The monoisotopic (exact) mass is 330 g/mol. The highest BCUT2D eigenvalue weighted by Gasteiger charge is 2.16. The van der Waals surface area contributed by atoms with E-state index in [4.69, 9.17) is 23.7 Å². The normalized spacial score (nSPS) is 10.0. The Morgan fingerprint density at radius 3 is 1.58 bits per heavy atom. The van der Waals surface area contributed by atoms with Gasteiger partial charge in [0.15, 0.2) is 23.0 Å². The number of benzene rings is 2. The molecule has 0 heterocycles. The zero-order valence-electron chi connectivity index (χ0n) is 14.6. The van der Waals surface area contributed by atoms with Crippen LogP contribution in [-0.4, -0.2) is 35.5 Å². The van der Waals surface area contributed by atoms with Gasteiger partial charge in [-0.1, -0.05) is 12.6 Å². The van der Waals surface area contributed by atoms with Crippen LogP contribution in [0.1, 0.15) is 11.1 Å². The fourth-order valence-electron chi connectivity index (χ4n) is 2.45. The van der Waals surface area contributed by atoms with Crippen LogP contribution in [0, 0.1) is 0 Å². The van der Waals surface area contributed by atoms with Gasteiger partial charge in [-0.3, -0.25) is 0 Å². The van der Waals surface area contributed by atoms with Crippen molar-refractivity contribution in [1.82, 2.24) is 0 Å². The molecule has 2 aromatic carbocycles. The van der Waals surface area contributed by atoms with E-state index in [1.54, 1.807) is 35.5 Å². The number of ether oxygens (including phenoxy) is 5. The lowest BCUT2D eigenvalue weighted by atomic mass is 9.98. The molecular formula is C19H22O5. The average Bonchev–Trinajstić information content (AvgIpc) is 2.65. The van der Waals surface area contributed by atoms with Gasteiger partial charge in [-0.2, -0.15) is 0 Å². The Kier molecular flexibility index (Phi) is 5.58. The van der Waals surface area contributed by atoms with E-state index in [2.05, 4.69) is 6.58 Å². The van der Waals surface area contributed by atoms with Crippen molar-refractivity contribution in [2.24, 2.45) is 0 Å².